The van der Waals surface area contributed by atoms with E-state index in [1.807, 2.05) is 30.3 Å². The fourth-order valence-electron chi connectivity index (χ4n) is 2.83. The van der Waals surface area contributed by atoms with Crippen LogP contribution in [-0.2, 0) is 21.2 Å². The molecule has 1 aliphatic heterocycles. The Bertz CT molecular complexity index is 579. The lowest BCUT2D eigenvalue weighted by Gasteiger charge is -2.30. The highest BCUT2D eigenvalue weighted by molar-refractivity contribution is 7.89. The molecule has 22 heavy (non-hydrogen) atoms. The zero-order valence-corrected chi connectivity index (χ0v) is 13.8. The molecule has 0 aromatic heterocycles. The summed E-state index contributed by atoms with van der Waals surface area (Å²) in [6.45, 7) is 0.900. The smallest absolute Gasteiger partial charge is 0.222 e. The van der Waals surface area contributed by atoms with Crippen LogP contribution in [0.15, 0.2) is 30.3 Å². The molecule has 1 amide bonds. The molecule has 0 aliphatic carbocycles. The summed E-state index contributed by atoms with van der Waals surface area (Å²) in [7, 11) is -1.59. The van der Waals surface area contributed by atoms with E-state index in [2.05, 4.69) is 5.32 Å². The molecule has 1 aromatic carbocycles. The number of piperidine rings is 1. The van der Waals surface area contributed by atoms with Crippen molar-refractivity contribution in [1.82, 2.24) is 9.62 Å². The van der Waals surface area contributed by atoms with E-state index in [1.165, 1.54) is 4.31 Å². The number of carbonyl (C=O) groups excluding carboxylic acids is 1. The average molecular weight is 324 g/mol. The fraction of sp³-hybridized carbons (Fsp3) is 0.562. The van der Waals surface area contributed by atoms with Crippen LogP contribution in [-0.4, -0.2) is 44.5 Å². The number of sulfonamides is 1. The first kappa shape index (κ1) is 17.0. The minimum atomic E-state index is -3.21. The number of rotatable bonds is 6. The van der Waals surface area contributed by atoms with E-state index in [9.17, 15) is 13.2 Å². The van der Waals surface area contributed by atoms with E-state index < -0.39 is 10.0 Å². The van der Waals surface area contributed by atoms with Gasteiger partial charge < -0.3 is 5.32 Å². The van der Waals surface area contributed by atoms with Crippen molar-refractivity contribution in [3.63, 3.8) is 0 Å². The van der Waals surface area contributed by atoms with Crippen molar-refractivity contribution in [1.29, 1.82) is 0 Å². The predicted octanol–water partition coefficient (Wildman–Crippen LogP) is 1.41. The number of hydrogen-bond acceptors (Lipinski definition) is 3. The van der Waals surface area contributed by atoms with Crippen LogP contribution in [0.1, 0.15) is 24.8 Å². The molecule has 2 rings (SSSR count). The first-order valence-corrected chi connectivity index (χ1v) is 9.37. The molecular weight excluding hydrogens is 300 g/mol. The van der Waals surface area contributed by atoms with Crippen molar-refractivity contribution >= 4 is 15.9 Å². The Balaban J connectivity index is 1.80. The quantitative estimate of drug-likeness (QED) is 0.860. The molecule has 0 bridgehead atoms. The van der Waals surface area contributed by atoms with Crippen LogP contribution in [0.2, 0.25) is 0 Å². The first-order chi connectivity index (χ1) is 10.5. The topological polar surface area (TPSA) is 66.5 Å². The van der Waals surface area contributed by atoms with Crippen LogP contribution in [0, 0.1) is 5.92 Å². The fourth-order valence-corrected chi connectivity index (χ4v) is 4.37. The lowest BCUT2D eigenvalue weighted by atomic mass is 9.97. The molecule has 0 spiro atoms. The third-order valence-electron chi connectivity index (χ3n) is 4.18. The molecular formula is C16H24N2O3S. The van der Waals surface area contributed by atoms with Crippen molar-refractivity contribution < 1.29 is 13.2 Å². The van der Waals surface area contributed by atoms with Gasteiger partial charge in [-0.25, -0.2) is 12.7 Å². The van der Waals surface area contributed by atoms with Gasteiger partial charge in [-0.2, -0.15) is 0 Å². The minimum absolute atomic E-state index is 0.0149. The van der Waals surface area contributed by atoms with Crippen LogP contribution in [0.3, 0.4) is 0 Å². The molecule has 0 unspecified atom stereocenters. The van der Waals surface area contributed by atoms with Gasteiger partial charge in [-0.05, 0) is 31.2 Å². The SMILES string of the molecule is CNC(=O)C1CCN(S(=O)(=O)CCCc2ccccc2)CC1. The maximum atomic E-state index is 12.3. The monoisotopic (exact) mass is 324 g/mol. The van der Waals surface area contributed by atoms with Gasteiger partial charge in [-0.3, -0.25) is 4.79 Å². The molecule has 1 aromatic rings. The normalized spacial score (nSPS) is 17.3. The number of benzene rings is 1. The molecule has 122 valence electrons. The Kier molecular flexibility index (Phi) is 5.97. The molecule has 6 heteroatoms. The van der Waals surface area contributed by atoms with E-state index in [-0.39, 0.29) is 17.6 Å². The molecule has 5 nitrogen and oxygen atoms in total. The standard InChI is InChI=1S/C16H24N2O3S/c1-17-16(19)15-9-11-18(12-10-15)22(20,21)13-5-8-14-6-3-2-4-7-14/h2-4,6-7,15H,5,8-13H2,1H3,(H,17,19). The van der Waals surface area contributed by atoms with Crippen LogP contribution < -0.4 is 5.32 Å². The highest BCUT2D eigenvalue weighted by Gasteiger charge is 2.30. The Morgan fingerprint density at radius 1 is 1.23 bits per heavy atom. The van der Waals surface area contributed by atoms with Crippen molar-refractivity contribution in [3.05, 3.63) is 35.9 Å². The Morgan fingerprint density at radius 3 is 2.45 bits per heavy atom. The second kappa shape index (κ2) is 7.74. The Labute approximate surface area is 132 Å². The summed E-state index contributed by atoms with van der Waals surface area (Å²) in [6, 6.07) is 9.92. The van der Waals surface area contributed by atoms with Gasteiger partial charge in [0.2, 0.25) is 15.9 Å². The summed E-state index contributed by atoms with van der Waals surface area (Å²) >= 11 is 0. The average Bonchev–Trinajstić information content (AvgIpc) is 2.55. The highest BCUT2D eigenvalue weighted by Crippen LogP contribution is 2.20. The van der Waals surface area contributed by atoms with E-state index >= 15 is 0 Å². The summed E-state index contributed by atoms with van der Waals surface area (Å²) in [4.78, 5) is 11.6. The van der Waals surface area contributed by atoms with Crippen LogP contribution in [0.4, 0.5) is 0 Å². The maximum Gasteiger partial charge on any atom is 0.222 e. The molecule has 1 N–H and O–H groups in total. The third-order valence-corrected chi connectivity index (χ3v) is 6.13. The van der Waals surface area contributed by atoms with Crippen molar-refractivity contribution in [3.8, 4) is 0 Å². The number of hydrogen-bond donors (Lipinski definition) is 1. The van der Waals surface area contributed by atoms with Crippen LogP contribution in [0.25, 0.3) is 0 Å². The lowest BCUT2D eigenvalue weighted by molar-refractivity contribution is -0.125. The van der Waals surface area contributed by atoms with E-state index in [0.29, 0.717) is 32.4 Å². The van der Waals surface area contributed by atoms with Crippen LogP contribution >= 0.6 is 0 Å². The lowest BCUT2D eigenvalue weighted by Crippen LogP contribution is -2.43. The predicted molar refractivity (Wildman–Crippen MR) is 86.9 cm³/mol. The van der Waals surface area contributed by atoms with Gasteiger partial charge in [-0.15, -0.1) is 0 Å². The molecule has 1 aliphatic rings. The van der Waals surface area contributed by atoms with E-state index in [1.54, 1.807) is 7.05 Å². The molecule has 1 heterocycles. The summed E-state index contributed by atoms with van der Waals surface area (Å²) in [5.74, 6) is 0.133. The van der Waals surface area contributed by atoms with Gasteiger partial charge in [0, 0.05) is 26.1 Å². The number of amides is 1. The summed E-state index contributed by atoms with van der Waals surface area (Å²) in [5.41, 5.74) is 1.16. The van der Waals surface area contributed by atoms with Crippen LogP contribution in [0.5, 0.6) is 0 Å². The maximum absolute atomic E-state index is 12.3. The summed E-state index contributed by atoms with van der Waals surface area (Å²) in [5, 5.41) is 2.63. The summed E-state index contributed by atoms with van der Waals surface area (Å²) in [6.07, 6.45) is 2.62. The third kappa shape index (κ3) is 4.55. The zero-order chi connectivity index (χ0) is 16.0. The van der Waals surface area contributed by atoms with Crippen molar-refractivity contribution in [2.24, 2.45) is 5.92 Å². The first-order valence-electron chi connectivity index (χ1n) is 7.76. The van der Waals surface area contributed by atoms with Gasteiger partial charge >= 0.3 is 0 Å². The largest absolute Gasteiger partial charge is 0.359 e. The second-order valence-corrected chi connectivity index (χ2v) is 7.78. The van der Waals surface area contributed by atoms with Crippen molar-refractivity contribution in [2.75, 3.05) is 25.9 Å². The minimum Gasteiger partial charge on any atom is -0.359 e. The number of nitrogens with zero attached hydrogens (tertiary/aromatic N) is 1. The number of carbonyl (C=O) groups is 1. The Morgan fingerprint density at radius 2 is 1.86 bits per heavy atom. The molecule has 1 fully saturated rings. The van der Waals surface area contributed by atoms with Gasteiger partial charge in [0.25, 0.3) is 0 Å². The van der Waals surface area contributed by atoms with Gasteiger partial charge in [0.1, 0.15) is 0 Å². The van der Waals surface area contributed by atoms with Crippen molar-refractivity contribution in [2.45, 2.75) is 25.7 Å². The van der Waals surface area contributed by atoms with Gasteiger partial charge in [-0.1, -0.05) is 30.3 Å². The summed E-state index contributed by atoms with van der Waals surface area (Å²) < 4.78 is 26.2. The molecule has 1 saturated heterocycles. The zero-order valence-electron chi connectivity index (χ0n) is 13.0. The molecule has 0 saturated carbocycles. The number of nitrogens with one attached hydrogen (secondary N) is 1. The number of aryl methyl sites for hydroxylation is 1. The highest BCUT2D eigenvalue weighted by atomic mass is 32.2. The second-order valence-electron chi connectivity index (χ2n) is 5.69. The molecule has 0 atom stereocenters. The van der Waals surface area contributed by atoms with Gasteiger partial charge in [0.05, 0.1) is 5.75 Å². The van der Waals surface area contributed by atoms with E-state index in [4.69, 9.17) is 0 Å². The molecule has 0 radical (unpaired) electrons. The van der Waals surface area contributed by atoms with E-state index in [0.717, 1.165) is 12.0 Å². The Hall–Kier alpha value is -1.40. The van der Waals surface area contributed by atoms with Gasteiger partial charge in [0.15, 0.2) is 0 Å².